The third-order valence-corrected chi connectivity index (χ3v) is 6.39. The molecule has 0 aliphatic carbocycles. The largest absolute Gasteiger partial charge is 0.478 e. The number of hydrogen-bond donors (Lipinski definition) is 2. The molecule has 0 radical (unpaired) electrons. The highest BCUT2D eigenvalue weighted by Gasteiger charge is 2.41. The second-order valence-corrected chi connectivity index (χ2v) is 9.49. The van der Waals surface area contributed by atoms with E-state index in [0.29, 0.717) is 6.04 Å². The summed E-state index contributed by atoms with van der Waals surface area (Å²) in [6, 6.07) is 16.9. The minimum absolute atomic E-state index is 0.0332. The molecule has 2 N–H and O–H groups in total. The van der Waals surface area contributed by atoms with Crippen molar-refractivity contribution in [3.8, 4) is 0 Å². The SMILES string of the molecule is CN1CCC[C@@H]1c1cccnc1.Cc1ccc(C(=O)O[C@H](C(=O)O)[C@@H](OC(=O)c2ccc(C)cc2)C(=O)O)cc1. The monoisotopic (exact) mass is 548 g/mol. The number of carboxylic acids is 2. The standard InChI is InChI=1S/C20H18O8.C10H14N2/c1-11-3-7-13(8-4-11)19(25)27-15(17(21)22)16(18(23)24)28-20(26)14-9-5-12(2)6-10-14;1-12-7-3-5-10(12)9-4-2-6-11-8-9/h3-10,15-16H,1-2H3,(H,21,22)(H,23,24);2,4,6,8,10H,3,5,7H2,1H3/t15-,16+;10-/m.1/s1. The summed E-state index contributed by atoms with van der Waals surface area (Å²) < 4.78 is 9.64. The number of nitrogens with zero attached hydrogens (tertiary/aromatic N) is 2. The van der Waals surface area contributed by atoms with Crippen LogP contribution in [0.25, 0.3) is 0 Å². The van der Waals surface area contributed by atoms with Gasteiger partial charge in [-0.1, -0.05) is 41.5 Å². The van der Waals surface area contributed by atoms with Crippen molar-refractivity contribution in [1.82, 2.24) is 9.88 Å². The Labute approximate surface area is 232 Å². The van der Waals surface area contributed by atoms with Crippen LogP contribution >= 0.6 is 0 Å². The van der Waals surface area contributed by atoms with Gasteiger partial charge in [0.25, 0.3) is 0 Å². The second-order valence-electron chi connectivity index (χ2n) is 9.49. The Morgan fingerprint density at radius 3 is 1.65 bits per heavy atom. The van der Waals surface area contributed by atoms with Crippen molar-refractivity contribution in [3.63, 3.8) is 0 Å². The molecule has 3 atom stereocenters. The molecule has 10 heteroatoms. The molecule has 1 aliphatic heterocycles. The lowest BCUT2D eigenvalue weighted by Gasteiger charge is -2.21. The Bertz CT molecular complexity index is 1230. The lowest BCUT2D eigenvalue weighted by molar-refractivity contribution is -0.166. The molecule has 2 heterocycles. The number of ether oxygens (including phenoxy) is 2. The van der Waals surface area contributed by atoms with Gasteiger partial charge in [-0.05, 0) is 76.2 Å². The molecule has 1 fully saturated rings. The van der Waals surface area contributed by atoms with E-state index in [9.17, 15) is 29.4 Å². The Balaban J connectivity index is 0.000000302. The number of carboxylic acid groups (broad SMARTS) is 2. The van der Waals surface area contributed by atoms with Crippen LogP contribution in [0.15, 0.2) is 73.1 Å². The van der Waals surface area contributed by atoms with Gasteiger partial charge in [0.1, 0.15) is 0 Å². The molecular formula is C30H32N2O8. The molecule has 0 saturated carbocycles. The van der Waals surface area contributed by atoms with E-state index in [1.807, 2.05) is 18.5 Å². The average molecular weight is 549 g/mol. The summed E-state index contributed by atoms with van der Waals surface area (Å²) >= 11 is 0. The zero-order valence-electron chi connectivity index (χ0n) is 22.5. The number of esters is 2. The quantitative estimate of drug-likeness (QED) is 0.395. The molecular weight excluding hydrogens is 516 g/mol. The fourth-order valence-electron chi connectivity index (χ4n) is 4.13. The Kier molecular flexibility index (Phi) is 10.5. The van der Waals surface area contributed by atoms with Crippen LogP contribution in [0.4, 0.5) is 0 Å². The number of benzene rings is 2. The van der Waals surface area contributed by atoms with E-state index in [4.69, 9.17) is 9.47 Å². The van der Waals surface area contributed by atoms with Crippen LogP contribution in [-0.2, 0) is 19.1 Å². The van der Waals surface area contributed by atoms with Crippen LogP contribution in [0.3, 0.4) is 0 Å². The van der Waals surface area contributed by atoms with Crippen molar-refractivity contribution in [2.45, 2.75) is 44.9 Å². The van der Waals surface area contributed by atoms with Crippen LogP contribution in [0.5, 0.6) is 0 Å². The maximum absolute atomic E-state index is 12.2. The van der Waals surface area contributed by atoms with E-state index in [-0.39, 0.29) is 11.1 Å². The van der Waals surface area contributed by atoms with Gasteiger partial charge in [-0.25, -0.2) is 19.2 Å². The number of hydrogen-bond acceptors (Lipinski definition) is 8. The van der Waals surface area contributed by atoms with Gasteiger partial charge in [0.15, 0.2) is 0 Å². The number of likely N-dealkylation sites (tertiary alicyclic amines) is 1. The summed E-state index contributed by atoms with van der Waals surface area (Å²) in [6.45, 7) is 4.81. The number of aromatic nitrogens is 1. The number of carbonyl (C=O) groups excluding carboxylic acids is 2. The normalized spacial score (nSPS) is 16.1. The molecule has 4 rings (SSSR count). The lowest BCUT2D eigenvalue weighted by Crippen LogP contribution is -2.45. The van der Waals surface area contributed by atoms with Crippen molar-refractivity contribution >= 4 is 23.9 Å². The predicted octanol–water partition coefficient (Wildman–Crippen LogP) is 4.07. The fraction of sp³-hybridized carbons (Fsp3) is 0.300. The van der Waals surface area contributed by atoms with Gasteiger partial charge < -0.3 is 19.7 Å². The number of pyridine rings is 1. The first-order valence-corrected chi connectivity index (χ1v) is 12.7. The van der Waals surface area contributed by atoms with Gasteiger partial charge in [0.2, 0.25) is 12.2 Å². The predicted molar refractivity (Wildman–Crippen MR) is 145 cm³/mol. The minimum Gasteiger partial charge on any atom is -0.478 e. The molecule has 10 nitrogen and oxygen atoms in total. The average Bonchev–Trinajstić information content (AvgIpc) is 3.37. The molecule has 0 bridgehead atoms. The van der Waals surface area contributed by atoms with Crippen molar-refractivity contribution in [1.29, 1.82) is 0 Å². The molecule has 0 spiro atoms. The highest BCUT2D eigenvalue weighted by Crippen LogP contribution is 2.29. The molecule has 0 unspecified atom stereocenters. The molecule has 1 saturated heterocycles. The summed E-state index contributed by atoms with van der Waals surface area (Å²) in [5, 5.41) is 18.6. The summed E-state index contributed by atoms with van der Waals surface area (Å²) in [7, 11) is 2.19. The van der Waals surface area contributed by atoms with Crippen LogP contribution in [0.2, 0.25) is 0 Å². The molecule has 1 aliphatic rings. The first-order chi connectivity index (χ1) is 19.1. The van der Waals surface area contributed by atoms with E-state index in [1.54, 1.807) is 38.1 Å². The van der Waals surface area contributed by atoms with Gasteiger partial charge >= 0.3 is 23.9 Å². The molecule has 3 aromatic rings. The highest BCUT2D eigenvalue weighted by atomic mass is 16.6. The molecule has 2 aromatic carbocycles. The number of aryl methyl sites for hydroxylation is 2. The number of aliphatic carboxylic acids is 2. The van der Waals surface area contributed by atoms with Crippen LogP contribution in [0.1, 0.15) is 56.3 Å². The molecule has 1 aromatic heterocycles. The summed E-state index contributed by atoms with van der Waals surface area (Å²) in [5.74, 6) is -5.62. The Morgan fingerprint density at radius 2 is 1.30 bits per heavy atom. The van der Waals surface area contributed by atoms with Crippen molar-refractivity contribution < 1.29 is 38.9 Å². The van der Waals surface area contributed by atoms with E-state index >= 15 is 0 Å². The molecule has 0 amide bonds. The number of rotatable bonds is 8. The van der Waals surface area contributed by atoms with E-state index < -0.39 is 36.1 Å². The topological polar surface area (TPSA) is 143 Å². The van der Waals surface area contributed by atoms with Gasteiger partial charge in [0.05, 0.1) is 11.1 Å². The van der Waals surface area contributed by atoms with Crippen LogP contribution < -0.4 is 0 Å². The fourth-order valence-corrected chi connectivity index (χ4v) is 4.13. The van der Waals surface area contributed by atoms with Gasteiger partial charge in [-0.2, -0.15) is 0 Å². The maximum Gasteiger partial charge on any atom is 0.349 e. The number of carbonyl (C=O) groups is 4. The second kappa shape index (κ2) is 14.0. The van der Waals surface area contributed by atoms with E-state index in [1.165, 1.54) is 49.2 Å². The van der Waals surface area contributed by atoms with Gasteiger partial charge in [-0.3, -0.25) is 9.88 Å². The maximum atomic E-state index is 12.2. The van der Waals surface area contributed by atoms with E-state index in [2.05, 4.69) is 23.0 Å². The van der Waals surface area contributed by atoms with Gasteiger partial charge in [0, 0.05) is 18.4 Å². The molecule has 210 valence electrons. The first-order valence-electron chi connectivity index (χ1n) is 12.7. The zero-order chi connectivity index (χ0) is 29.2. The van der Waals surface area contributed by atoms with Crippen molar-refractivity contribution in [2.75, 3.05) is 13.6 Å². The summed E-state index contributed by atoms with van der Waals surface area (Å²) in [5.41, 5.74) is 3.15. The summed E-state index contributed by atoms with van der Waals surface area (Å²) in [4.78, 5) is 53.9. The Hall–Kier alpha value is -4.57. The highest BCUT2D eigenvalue weighted by molar-refractivity contribution is 5.95. The lowest BCUT2D eigenvalue weighted by atomic mass is 10.1. The van der Waals surface area contributed by atoms with Crippen LogP contribution in [-0.4, -0.2) is 69.8 Å². The van der Waals surface area contributed by atoms with E-state index in [0.717, 1.165) is 11.1 Å². The third kappa shape index (κ3) is 8.21. The van der Waals surface area contributed by atoms with Gasteiger partial charge in [-0.15, -0.1) is 0 Å². The van der Waals surface area contributed by atoms with Crippen molar-refractivity contribution in [2.24, 2.45) is 0 Å². The van der Waals surface area contributed by atoms with Crippen molar-refractivity contribution in [3.05, 3.63) is 101 Å². The summed E-state index contributed by atoms with van der Waals surface area (Å²) in [6.07, 6.45) is 1.96. The molecule has 40 heavy (non-hydrogen) atoms. The van der Waals surface area contributed by atoms with Crippen LogP contribution in [0, 0.1) is 13.8 Å². The zero-order valence-corrected chi connectivity index (χ0v) is 22.5. The third-order valence-electron chi connectivity index (χ3n) is 6.39. The first kappa shape index (κ1) is 30.0. The Morgan fingerprint density at radius 1 is 0.825 bits per heavy atom. The minimum atomic E-state index is -2.22. The smallest absolute Gasteiger partial charge is 0.349 e.